The van der Waals surface area contributed by atoms with Crippen molar-refractivity contribution < 1.29 is 58.9 Å². The van der Waals surface area contributed by atoms with Crippen molar-refractivity contribution in [1.29, 1.82) is 0 Å². The van der Waals surface area contributed by atoms with Crippen molar-refractivity contribution in [2.24, 2.45) is 5.92 Å². The zero-order valence-corrected chi connectivity index (χ0v) is 22.0. The second-order valence-corrected chi connectivity index (χ2v) is 11.4. The molecular formula is C24H24F6N2O7S. The van der Waals surface area contributed by atoms with Gasteiger partial charge < -0.3 is 14.6 Å². The molecule has 2 heterocycles. The zero-order valence-electron chi connectivity index (χ0n) is 21.2. The number of carboxylic acids is 1. The first-order valence-corrected chi connectivity index (χ1v) is 13.0. The van der Waals surface area contributed by atoms with E-state index in [0.717, 1.165) is 12.1 Å². The van der Waals surface area contributed by atoms with Gasteiger partial charge in [0.05, 0.1) is 29.5 Å². The number of hydrogen-bond acceptors (Lipinski definition) is 7. The van der Waals surface area contributed by atoms with Gasteiger partial charge in [0, 0.05) is 6.20 Å². The molecule has 3 rings (SSSR count). The van der Waals surface area contributed by atoms with Crippen LogP contribution >= 0.6 is 0 Å². The highest BCUT2D eigenvalue weighted by Crippen LogP contribution is 2.40. The Hall–Kier alpha value is -3.56. The monoisotopic (exact) mass is 598 g/mol. The molecule has 2 atom stereocenters. The van der Waals surface area contributed by atoms with Gasteiger partial charge in [-0.05, 0) is 50.1 Å². The number of esters is 1. The number of carbonyl (C=O) groups is 2. The molecule has 0 spiro atoms. The SMILES string of the molecule is C[C@H](C[C@H]1CN(S(=O)(=O)c2ccnc(C(F)(F)F)c2)c2cc(CC(=O)OC(C)(C)C(F)(F)F)ccc2O1)C(=O)O. The van der Waals surface area contributed by atoms with Crippen molar-refractivity contribution in [1.82, 2.24) is 4.98 Å². The lowest BCUT2D eigenvalue weighted by atomic mass is 10.0. The minimum absolute atomic E-state index is 0.0218. The summed E-state index contributed by atoms with van der Waals surface area (Å²) in [6.07, 6.45) is -11.0. The van der Waals surface area contributed by atoms with Crippen LogP contribution in [0.2, 0.25) is 0 Å². The molecule has 0 aliphatic carbocycles. The van der Waals surface area contributed by atoms with Crippen LogP contribution in [-0.2, 0) is 36.9 Å². The first-order valence-electron chi connectivity index (χ1n) is 11.6. The maximum atomic E-state index is 13.6. The number of benzene rings is 1. The molecule has 0 fully saturated rings. The average Bonchev–Trinajstić information content (AvgIpc) is 2.82. The van der Waals surface area contributed by atoms with Gasteiger partial charge in [-0.1, -0.05) is 13.0 Å². The van der Waals surface area contributed by atoms with Crippen molar-refractivity contribution in [3.63, 3.8) is 0 Å². The van der Waals surface area contributed by atoms with Gasteiger partial charge in [0.1, 0.15) is 17.5 Å². The molecule has 2 aromatic rings. The second-order valence-electron chi connectivity index (χ2n) is 9.59. The molecule has 40 heavy (non-hydrogen) atoms. The molecule has 1 aliphatic rings. The maximum Gasteiger partial charge on any atom is 0.433 e. The topological polar surface area (TPSA) is 123 Å². The molecule has 1 aliphatic heterocycles. The van der Waals surface area contributed by atoms with E-state index in [-0.39, 0.29) is 23.4 Å². The summed E-state index contributed by atoms with van der Waals surface area (Å²) in [5.74, 6) is -3.54. The smallest absolute Gasteiger partial charge is 0.433 e. The molecule has 220 valence electrons. The molecule has 0 bridgehead atoms. The van der Waals surface area contributed by atoms with Crippen LogP contribution in [0.4, 0.5) is 32.0 Å². The number of sulfonamides is 1. The molecule has 16 heteroatoms. The van der Waals surface area contributed by atoms with Crippen LogP contribution < -0.4 is 9.04 Å². The van der Waals surface area contributed by atoms with Gasteiger partial charge in [-0.25, -0.2) is 8.42 Å². The third-order valence-corrected chi connectivity index (χ3v) is 7.78. The number of aliphatic carboxylic acids is 1. The summed E-state index contributed by atoms with van der Waals surface area (Å²) in [6.45, 7) is 2.16. The summed E-state index contributed by atoms with van der Waals surface area (Å²) in [4.78, 5) is 26.0. The molecule has 0 saturated heterocycles. The number of fused-ring (bicyclic) bond motifs is 1. The predicted octanol–water partition coefficient (Wildman–Crippen LogP) is 4.59. The largest absolute Gasteiger partial charge is 0.486 e. The van der Waals surface area contributed by atoms with E-state index in [1.54, 1.807) is 0 Å². The van der Waals surface area contributed by atoms with Crippen molar-refractivity contribution in [2.75, 3.05) is 10.8 Å². The van der Waals surface area contributed by atoms with Crippen LogP contribution in [0, 0.1) is 5.92 Å². The number of rotatable bonds is 8. The van der Waals surface area contributed by atoms with Crippen LogP contribution in [0.5, 0.6) is 5.75 Å². The van der Waals surface area contributed by atoms with Crippen molar-refractivity contribution >= 4 is 27.6 Å². The van der Waals surface area contributed by atoms with E-state index in [2.05, 4.69) is 9.72 Å². The minimum atomic E-state index is -4.95. The molecule has 0 saturated carbocycles. The summed E-state index contributed by atoms with van der Waals surface area (Å²) in [5, 5.41) is 9.25. The highest BCUT2D eigenvalue weighted by Gasteiger charge is 2.50. The number of hydrogen-bond donors (Lipinski definition) is 1. The van der Waals surface area contributed by atoms with E-state index in [4.69, 9.17) is 4.74 Å². The number of pyridine rings is 1. The first-order chi connectivity index (χ1) is 18.2. The number of carbonyl (C=O) groups excluding carboxylic acids is 1. The van der Waals surface area contributed by atoms with Gasteiger partial charge in [-0.2, -0.15) is 26.3 Å². The number of aromatic nitrogens is 1. The summed E-state index contributed by atoms with van der Waals surface area (Å²) >= 11 is 0. The number of alkyl halides is 6. The second kappa shape index (κ2) is 10.8. The molecule has 1 N–H and O–H groups in total. The van der Waals surface area contributed by atoms with Crippen LogP contribution in [-0.4, -0.2) is 54.9 Å². The Morgan fingerprint density at radius 3 is 2.38 bits per heavy atom. The Morgan fingerprint density at radius 1 is 1.15 bits per heavy atom. The van der Waals surface area contributed by atoms with E-state index in [1.807, 2.05) is 0 Å². The lowest BCUT2D eigenvalue weighted by Crippen LogP contribution is -2.45. The standard InChI is InChI=1S/C24H24F6N2O7S/c1-13(21(34)35)8-15-12-32(40(36,37)16-6-7-31-19(11-16)23(25,26)27)17-9-14(4-5-18(17)38-15)10-20(33)39-22(2,3)24(28,29)30/h4-7,9,11,13,15H,8,10,12H2,1-3H3,(H,34,35)/t13-,15+/m1/s1. The van der Waals surface area contributed by atoms with E-state index >= 15 is 0 Å². The molecular weight excluding hydrogens is 574 g/mol. The normalized spacial score (nSPS) is 17.0. The van der Waals surface area contributed by atoms with Gasteiger partial charge in [-0.15, -0.1) is 0 Å². The van der Waals surface area contributed by atoms with Gasteiger partial charge in [0.2, 0.25) is 5.60 Å². The Balaban J connectivity index is 2.02. The van der Waals surface area contributed by atoms with Gasteiger partial charge >= 0.3 is 24.3 Å². The van der Waals surface area contributed by atoms with Crippen molar-refractivity contribution in [2.45, 2.75) is 62.6 Å². The van der Waals surface area contributed by atoms with Crippen LogP contribution in [0.25, 0.3) is 0 Å². The molecule has 1 aromatic carbocycles. The van der Waals surface area contributed by atoms with Crippen molar-refractivity contribution in [3.8, 4) is 5.75 Å². The molecule has 1 aromatic heterocycles. The lowest BCUT2D eigenvalue weighted by molar-refractivity contribution is -0.257. The summed E-state index contributed by atoms with van der Waals surface area (Å²) in [5.41, 5.74) is -4.47. The molecule has 0 unspecified atom stereocenters. The summed E-state index contributed by atoms with van der Waals surface area (Å²) in [6, 6.07) is 4.79. The Kier molecular flexibility index (Phi) is 8.35. The highest BCUT2D eigenvalue weighted by atomic mass is 32.2. The molecule has 0 radical (unpaired) electrons. The van der Waals surface area contributed by atoms with Gasteiger partial charge in [-0.3, -0.25) is 18.9 Å². The van der Waals surface area contributed by atoms with Crippen molar-refractivity contribution in [3.05, 3.63) is 47.8 Å². The Labute approximate surface area is 224 Å². The maximum absolute atomic E-state index is 13.6. The number of nitrogens with zero attached hydrogens (tertiary/aromatic N) is 2. The van der Waals surface area contributed by atoms with E-state index in [0.29, 0.717) is 30.4 Å². The van der Waals surface area contributed by atoms with Crippen LogP contribution in [0.3, 0.4) is 0 Å². The van der Waals surface area contributed by atoms with E-state index < -0.39 is 75.5 Å². The predicted molar refractivity (Wildman–Crippen MR) is 126 cm³/mol. The van der Waals surface area contributed by atoms with E-state index in [9.17, 15) is 49.5 Å². The minimum Gasteiger partial charge on any atom is -0.486 e. The Bertz CT molecular complexity index is 1390. The molecule has 0 amide bonds. The third kappa shape index (κ3) is 6.77. The van der Waals surface area contributed by atoms with Gasteiger partial charge in [0.25, 0.3) is 10.0 Å². The van der Waals surface area contributed by atoms with E-state index in [1.165, 1.54) is 19.1 Å². The quantitative estimate of drug-likeness (QED) is 0.346. The van der Waals surface area contributed by atoms with Gasteiger partial charge in [0.15, 0.2) is 0 Å². The zero-order chi connectivity index (χ0) is 30.3. The first kappa shape index (κ1) is 31.0. The Morgan fingerprint density at radius 2 is 1.80 bits per heavy atom. The number of carboxylic acid groups (broad SMARTS) is 1. The fraction of sp³-hybridized carbons (Fsp3) is 0.458. The highest BCUT2D eigenvalue weighted by molar-refractivity contribution is 7.92. The van der Waals surface area contributed by atoms with Crippen LogP contribution in [0.1, 0.15) is 38.4 Å². The lowest BCUT2D eigenvalue weighted by Gasteiger charge is -2.36. The van der Waals surface area contributed by atoms with Crippen LogP contribution in [0.15, 0.2) is 41.4 Å². The summed E-state index contributed by atoms with van der Waals surface area (Å²) in [7, 11) is -4.74. The number of ether oxygens (including phenoxy) is 2. The fourth-order valence-corrected chi connectivity index (χ4v) is 5.22. The molecule has 9 nitrogen and oxygen atoms in total. The third-order valence-electron chi connectivity index (χ3n) is 6.00. The number of halogens is 6. The number of anilines is 1. The average molecular weight is 599 g/mol. The fourth-order valence-electron chi connectivity index (χ4n) is 3.71. The summed E-state index contributed by atoms with van der Waals surface area (Å²) < 4.78 is 117.